The van der Waals surface area contributed by atoms with Crippen molar-refractivity contribution in [3.63, 3.8) is 0 Å². The number of aromatic nitrogens is 4. The van der Waals surface area contributed by atoms with Crippen LogP contribution in [0.5, 0.6) is 0 Å². The predicted molar refractivity (Wildman–Crippen MR) is 94.5 cm³/mol. The SMILES string of the molecule is O=c1c2ccccc2n2c(CCl)nnc2n1CCc1ccccc1. The van der Waals surface area contributed by atoms with Crippen molar-refractivity contribution in [1.29, 1.82) is 0 Å². The predicted octanol–water partition coefficient (Wildman–Crippen LogP) is 3.03. The van der Waals surface area contributed by atoms with Crippen molar-refractivity contribution >= 4 is 28.3 Å². The molecule has 4 rings (SSSR count). The van der Waals surface area contributed by atoms with Crippen molar-refractivity contribution < 1.29 is 0 Å². The van der Waals surface area contributed by atoms with Gasteiger partial charge in [-0.25, -0.2) is 0 Å². The number of nitrogens with zero attached hydrogens (tertiary/aromatic N) is 4. The van der Waals surface area contributed by atoms with Crippen LogP contribution in [0.3, 0.4) is 0 Å². The fourth-order valence-electron chi connectivity index (χ4n) is 2.99. The van der Waals surface area contributed by atoms with E-state index in [0.717, 1.165) is 11.9 Å². The highest BCUT2D eigenvalue weighted by Gasteiger charge is 2.15. The average molecular weight is 339 g/mol. The number of benzene rings is 2. The molecule has 2 aromatic carbocycles. The Hall–Kier alpha value is -2.66. The van der Waals surface area contributed by atoms with E-state index < -0.39 is 0 Å². The van der Waals surface area contributed by atoms with Gasteiger partial charge in [0.05, 0.1) is 16.8 Å². The summed E-state index contributed by atoms with van der Waals surface area (Å²) in [4.78, 5) is 12.9. The minimum Gasteiger partial charge on any atom is -0.276 e. The first-order chi connectivity index (χ1) is 11.8. The molecule has 0 fully saturated rings. The second-order valence-electron chi connectivity index (χ2n) is 5.59. The number of hydrogen-bond acceptors (Lipinski definition) is 3. The lowest BCUT2D eigenvalue weighted by Gasteiger charge is -2.11. The number of fused-ring (bicyclic) bond motifs is 3. The molecular weight excluding hydrogens is 324 g/mol. The van der Waals surface area contributed by atoms with Gasteiger partial charge in [-0.05, 0) is 24.1 Å². The first kappa shape index (κ1) is 14.9. The summed E-state index contributed by atoms with van der Waals surface area (Å²) in [5.41, 5.74) is 1.91. The van der Waals surface area contributed by atoms with Gasteiger partial charge in [0.25, 0.3) is 5.56 Å². The molecule has 0 atom stereocenters. The Morgan fingerprint density at radius 3 is 2.50 bits per heavy atom. The van der Waals surface area contributed by atoms with Crippen LogP contribution in [-0.2, 0) is 18.8 Å². The molecule has 6 heteroatoms. The van der Waals surface area contributed by atoms with Gasteiger partial charge in [-0.1, -0.05) is 42.5 Å². The summed E-state index contributed by atoms with van der Waals surface area (Å²) in [6, 6.07) is 17.6. The number of rotatable bonds is 4. The Balaban J connectivity index is 1.91. The van der Waals surface area contributed by atoms with E-state index in [1.165, 1.54) is 5.56 Å². The molecule has 120 valence electrons. The minimum atomic E-state index is -0.0532. The third-order valence-corrected chi connectivity index (χ3v) is 4.40. The summed E-state index contributed by atoms with van der Waals surface area (Å²) in [5.74, 6) is 1.41. The number of para-hydroxylation sites is 1. The second kappa shape index (κ2) is 6.09. The van der Waals surface area contributed by atoms with Crippen molar-refractivity contribution in [2.24, 2.45) is 0 Å². The Kier molecular flexibility index (Phi) is 3.78. The zero-order chi connectivity index (χ0) is 16.5. The first-order valence-electron chi connectivity index (χ1n) is 7.75. The standard InChI is InChI=1S/C18H15ClN4O/c19-12-16-20-21-18-22(11-10-13-6-2-1-3-7-13)17(24)14-8-4-5-9-15(14)23(16)18/h1-9H,10-12H2. The maximum Gasteiger partial charge on any atom is 0.262 e. The van der Waals surface area contributed by atoms with Crippen molar-refractivity contribution in [3.8, 4) is 0 Å². The number of hydrogen-bond donors (Lipinski definition) is 0. The van der Waals surface area contributed by atoms with Crippen LogP contribution in [0.4, 0.5) is 0 Å². The van der Waals surface area contributed by atoms with Gasteiger partial charge in [0.15, 0.2) is 5.82 Å². The van der Waals surface area contributed by atoms with Gasteiger partial charge in [-0.15, -0.1) is 21.8 Å². The molecule has 2 aromatic heterocycles. The highest BCUT2D eigenvalue weighted by Crippen LogP contribution is 2.16. The summed E-state index contributed by atoms with van der Waals surface area (Å²) in [6.07, 6.45) is 0.748. The zero-order valence-electron chi connectivity index (χ0n) is 12.9. The Labute approximate surface area is 143 Å². The molecule has 0 unspecified atom stereocenters. The normalized spacial score (nSPS) is 11.4. The fourth-order valence-corrected chi connectivity index (χ4v) is 3.16. The molecule has 0 aliphatic rings. The Morgan fingerprint density at radius 2 is 1.71 bits per heavy atom. The van der Waals surface area contributed by atoms with E-state index in [9.17, 15) is 4.79 Å². The lowest BCUT2D eigenvalue weighted by Crippen LogP contribution is -2.24. The lowest BCUT2D eigenvalue weighted by atomic mass is 10.1. The quantitative estimate of drug-likeness (QED) is 0.537. The van der Waals surface area contributed by atoms with Gasteiger partial charge in [0, 0.05) is 6.54 Å². The van der Waals surface area contributed by atoms with Crippen molar-refractivity contribution in [2.75, 3.05) is 0 Å². The molecule has 0 saturated carbocycles. The molecule has 0 N–H and O–H groups in total. The highest BCUT2D eigenvalue weighted by atomic mass is 35.5. The largest absolute Gasteiger partial charge is 0.276 e. The van der Waals surface area contributed by atoms with E-state index in [1.807, 2.05) is 46.9 Å². The van der Waals surface area contributed by atoms with Crippen LogP contribution >= 0.6 is 11.6 Å². The summed E-state index contributed by atoms with van der Waals surface area (Å²) in [5, 5.41) is 8.99. The third kappa shape index (κ3) is 2.37. The van der Waals surface area contributed by atoms with Gasteiger partial charge in [-0.3, -0.25) is 13.8 Å². The smallest absolute Gasteiger partial charge is 0.262 e. The molecule has 0 aliphatic heterocycles. The van der Waals surface area contributed by atoms with Gasteiger partial charge < -0.3 is 0 Å². The maximum absolute atomic E-state index is 12.9. The first-order valence-corrected chi connectivity index (χ1v) is 8.28. The number of halogens is 1. The van der Waals surface area contributed by atoms with E-state index in [0.29, 0.717) is 23.5 Å². The van der Waals surface area contributed by atoms with Crippen molar-refractivity contribution in [3.05, 3.63) is 76.3 Å². The third-order valence-electron chi connectivity index (χ3n) is 4.16. The van der Waals surface area contributed by atoms with Crippen molar-refractivity contribution in [2.45, 2.75) is 18.8 Å². The maximum atomic E-state index is 12.9. The monoisotopic (exact) mass is 338 g/mol. The van der Waals surface area contributed by atoms with Crippen LogP contribution < -0.4 is 5.56 Å². The van der Waals surface area contributed by atoms with E-state index in [-0.39, 0.29) is 11.4 Å². The molecule has 0 aliphatic carbocycles. The molecule has 0 amide bonds. The summed E-state index contributed by atoms with van der Waals surface area (Å²) < 4.78 is 3.55. The van der Waals surface area contributed by atoms with E-state index in [2.05, 4.69) is 22.3 Å². The van der Waals surface area contributed by atoms with Crippen LogP contribution in [-0.4, -0.2) is 19.2 Å². The molecular formula is C18H15ClN4O. The summed E-state index contributed by atoms with van der Waals surface area (Å²) >= 11 is 6.00. The molecule has 0 bridgehead atoms. The second-order valence-corrected chi connectivity index (χ2v) is 5.86. The van der Waals surface area contributed by atoms with Crippen LogP contribution in [0, 0.1) is 0 Å². The van der Waals surface area contributed by atoms with E-state index in [4.69, 9.17) is 11.6 Å². The Bertz CT molecular complexity index is 1070. The van der Waals surface area contributed by atoms with Gasteiger partial charge in [0.2, 0.25) is 5.78 Å². The fraction of sp³-hybridized carbons (Fsp3) is 0.167. The molecule has 2 heterocycles. The lowest BCUT2D eigenvalue weighted by molar-refractivity contribution is 0.678. The number of alkyl halides is 1. The molecule has 0 spiro atoms. The van der Waals surface area contributed by atoms with E-state index in [1.54, 1.807) is 4.57 Å². The number of aryl methyl sites for hydroxylation is 2. The van der Waals surface area contributed by atoms with Crippen LogP contribution in [0.25, 0.3) is 16.7 Å². The Morgan fingerprint density at radius 1 is 0.958 bits per heavy atom. The summed E-state index contributed by atoms with van der Waals surface area (Å²) in [6.45, 7) is 0.539. The zero-order valence-corrected chi connectivity index (χ0v) is 13.6. The molecule has 5 nitrogen and oxygen atoms in total. The molecule has 0 saturated heterocycles. The van der Waals surface area contributed by atoms with Gasteiger partial charge >= 0.3 is 0 Å². The van der Waals surface area contributed by atoms with Crippen LogP contribution in [0.15, 0.2) is 59.4 Å². The van der Waals surface area contributed by atoms with Crippen LogP contribution in [0.2, 0.25) is 0 Å². The van der Waals surface area contributed by atoms with Gasteiger partial charge in [0.1, 0.15) is 0 Å². The van der Waals surface area contributed by atoms with Crippen molar-refractivity contribution in [1.82, 2.24) is 19.2 Å². The van der Waals surface area contributed by atoms with E-state index >= 15 is 0 Å². The van der Waals surface area contributed by atoms with Crippen LogP contribution in [0.1, 0.15) is 11.4 Å². The summed E-state index contributed by atoms with van der Waals surface area (Å²) in [7, 11) is 0. The minimum absolute atomic E-state index is 0.0532. The molecule has 0 radical (unpaired) electrons. The van der Waals surface area contributed by atoms with Gasteiger partial charge in [-0.2, -0.15) is 0 Å². The molecule has 4 aromatic rings. The topological polar surface area (TPSA) is 52.2 Å². The highest BCUT2D eigenvalue weighted by molar-refractivity contribution is 6.16. The average Bonchev–Trinajstić information content (AvgIpc) is 3.06. The molecule has 24 heavy (non-hydrogen) atoms.